The molecule has 1 aromatic carbocycles. The van der Waals surface area contributed by atoms with Crippen LogP contribution in [-0.2, 0) is 12.8 Å². The number of aromatic nitrogens is 2. The molecule has 0 saturated carbocycles. The topological polar surface area (TPSA) is 45.8 Å². The SMILES string of the molecule is Cc1cc(C)c(-c2nc3c(c(=O)[nH]2)CCCC3)cc1C. The number of H-pyrrole nitrogens is 1. The van der Waals surface area contributed by atoms with Crippen LogP contribution in [0.4, 0.5) is 0 Å². The number of hydrogen-bond donors (Lipinski definition) is 1. The van der Waals surface area contributed by atoms with Crippen molar-refractivity contribution in [2.45, 2.75) is 46.5 Å². The summed E-state index contributed by atoms with van der Waals surface area (Å²) in [5, 5.41) is 0. The summed E-state index contributed by atoms with van der Waals surface area (Å²) in [7, 11) is 0. The number of rotatable bonds is 1. The number of fused-ring (bicyclic) bond motifs is 1. The molecule has 1 aromatic heterocycles. The molecule has 3 nitrogen and oxygen atoms in total. The van der Waals surface area contributed by atoms with Crippen LogP contribution < -0.4 is 5.56 Å². The smallest absolute Gasteiger partial charge is 0.254 e. The van der Waals surface area contributed by atoms with Crippen molar-refractivity contribution in [3.05, 3.63) is 50.4 Å². The number of aromatic amines is 1. The summed E-state index contributed by atoms with van der Waals surface area (Å²) in [6, 6.07) is 4.28. The number of nitrogens with one attached hydrogen (secondary N) is 1. The van der Waals surface area contributed by atoms with E-state index in [-0.39, 0.29) is 5.56 Å². The van der Waals surface area contributed by atoms with Crippen molar-refractivity contribution in [1.29, 1.82) is 0 Å². The van der Waals surface area contributed by atoms with Crippen LogP contribution in [-0.4, -0.2) is 9.97 Å². The van der Waals surface area contributed by atoms with Crippen LogP contribution in [0.25, 0.3) is 11.4 Å². The maximum absolute atomic E-state index is 12.2. The Labute approximate surface area is 119 Å². The lowest BCUT2D eigenvalue weighted by Gasteiger charge is -2.16. The van der Waals surface area contributed by atoms with Gasteiger partial charge in [-0.15, -0.1) is 0 Å². The third-order valence-corrected chi connectivity index (χ3v) is 4.29. The van der Waals surface area contributed by atoms with Crippen molar-refractivity contribution >= 4 is 0 Å². The van der Waals surface area contributed by atoms with Crippen molar-refractivity contribution in [3.63, 3.8) is 0 Å². The molecule has 0 bridgehead atoms. The highest BCUT2D eigenvalue weighted by molar-refractivity contribution is 5.62. The minimum absolute atomic E-state index is 0.0438. The summed E-state index contributed by atoms with van der Waals surface area (Å²) in [5.41, 5.74) is 6.62. The molecule has 0 aliphatic heterocycles. The maximum atomic E-state index is 12.2. The lowest BCUT2D eigenvalue weighted by atomic mass is 9.96. The van der Waals surface area contributed by atoms with Crippen molar-refractivity contribution in [2.24, 2.45) is 0 Å². The van der Waals surface area contributed by atoms with Gasteiger partial charge >= 0.3 is 0 Å². The van der Waals surface area contributed by atoms with Gasteiger partial charge in [0.05, 0.1) is 5.69 Å². The Morgan fingerprint density at radius 3 is 2.50 bits per heavy atom. The molecule has 0 unspecified atom stereocenters. The summed E-state index contributed by atoms with van der Waals surface area (Å²) >= 11 is 0. The van der Waals surface area contributed by atoms with Crippen molar-refractivity contribution in [2.75, 3.05) is 0 Å². The highest BCUT2D eigenvalue weighted by Crippen LogP contribution is 2.25. The Morgan fingerprint density at radius 1 is 1.00 bits per heavy atom. The van der Waals surface area contributed by atoms with Gasteiger partial charge in [0.1, 0.15) is 5.82 Å². The molecule has 3 heteroatoms. The first kappa shape index (κ1) is 13.1. The third kappa shape index (κ3) is 2.17. The number of hydrogen-bond acceptors (Lipinski definition) is 2. The van der Waals surface area contributed by atoms with E-state index in [4.69, 9.17) is 4.98 Å². The molecule has 0 fully saturated rings. The van der Waals surface area contributed by atoms with Crippen LogP contribution in [0, 0.1) is 20.8 Å². The van der Waals surface area contributed by atoms with Gasteiger partial charge in [0, 0.05) is 11.1 Å². The summed E-state index contributed by atoms with van der Waals surface area (Å²) in [5.74, 6) is 0.719. The van der Waals surface area contributed by atoms with E-state index in [9.17, 15) is 4.79 Å². The zero-order valence-electron chi connectivity index (χ0n) is 12.3. The zero-order chi connectivity index (χ0) is 14.3. The molecule has 0 spiro atoms. The molecule has 20 heavy (non-hydrogen) atoms. The molecule has 0 atom stereocenters. The van der Waals surface area contributed by atoms with E-state index in [0.29, 0.717) is 0 Å². The predicted octanol–water partition coefficient (Wildman–Crippen LogP) is 3.24. The fourth-order valence-corrected chi connectivity index (χ4v) is 2.95. The Morgan fingerprint density at radius 2 is 1.70 bits per heavy atom. The van der Waals surface area contributed by atoms with Gasteiger partial charge in [-0.1, -0.05) is 6.07 Å². The zero-order valence-corrected chi connectivity index (χ0v) is 12.3. The molecule has 0 saturated heterocycles. The quantitative estimate of drug-likeness (QED) is 0.863. The highest BCUT2D eigenvalue weighted by atomic mass is 16.1. The molecule has 2 aromatic rings. The molecule has 1 aliphatic rings. The van der Waals surface area contributed by atoms with Gasteiger partial charge in [-0.25, -0.2) is 4.98 Å². The Bertz CT molecular complexity index is 729. The molecule has 0 amide bonds. The van der Waals surface area contributed by atoms with Crippen molar-refractivity contribution < 1.29 is 0 Å². The highest BCUT2D eigenvalue weighted by Gasteiger charge is 2.17. The standard InChI is InChI=1S/C17H20N2O/c1-10-8-12(3)14(9-11(10)2)16-18-15-7-5-4-6-13(15)17(20)19-16/h8-9H,4-7H2,1-3H3,(H,18,19,20). The Balaban J connectivity index is 2.18. The molecule has 1 N–H and O–H groups in total. The summed E-state index contributed by atoms with van der Waals surface area (Å²) in [4.78, 5) is 19.9. The van der Waals surface area contributed by atoms with E-state index in [2.05, 4.69) is 37.9 Å². The maximum Gasteiger partial charge on any atom is 0.254 e. The Kier molecular flexibility index (Phi) is 3.20. The minimum atomic E-state index is 0.0438. The molecule has 0 radical (unpaired) electrons. The van der Waals surface area contributed by atoms with Gasteiger partial charge in [-0.05, 0) is 69.2 Å². The molecular weight excluding hydrogens is 248 g/mol. The fourth-order valence-electron chi connectivity index (χ4n) is 2.95. The van der Waals surface area contributed by atoms with Crippen LogP contribution in [0.2, 0.25) is 0 Å². The van der Waals surface area contributed by atoms with Gasteiger partial charge < -0.3 is 4.98 Å². The molecule has 1 heterocycles. The van der Waals surface area contributed by atoms with Gasteiger partial charge in [-0.3, -0.25) is 4.79 Å². The lowest BCUT2D eigenvalue weighted by molar-refractivity contribution is 0.657. The molecule has 3 rings (SSSR count). The first-order chi connectivity index (χ1) is 9.56. The van der Waals surface area contributed by atoms with Gasteiger partial charge in [-0.2, -0.15) is 0 Å². The normalized spacial score (nSPS) is 14.2. The molecule has 1 aliphatic carbocycles. The van der Waals surface area contributed by atoms with Gasteiger partial charge in [0.25, 0.3) is 5.56 Å². The largest absolute Gasteiger partial charge is 0.306 e. The predicted molar refractivity (Wildman–Crippen MR) is 81.1 cm³/mol. The third-order valence-electron chi connectivity index (χ3n) is 4.29. The minimum Gasteiger partial charge on any atom is -0.306 e. The van der Waals surface area contributed by atoms with Crippen LogP contribution in [0.5, 0.6) is 0 Å². The second-order valence-electron chi connectivity index (χ2n) is 5.80. The van der Waals surface area contributed by atoms with Crippen LogP contribution in [0.3, 0.4) is 0 Å². The van der Waals surface area contributed by atoms with E-state index < -0.39 is 0 Å². The molecular formula is C17H20N2O. The number of aryl methyl sites for hydroxylation is 4. The van der Waals surface area contributed by atoms with Crippen LogP contribution in [0.15, 0.2) is 16.9 Å². The number of benzene rings is 1. The monoisotopic (exact) mass is 268 g/mol. The second-order valence-corrected chi connectivity index (χ2v) is 5.80. The van der Waals surface area contributed by atoms with Crippen molar-refractivity contribution in [1.82, 2.24) is 9.97 Å². The first-order valence-electron chi connectivity index (χ1n) is 7.26. The van der Waals surface area contributed by atoms with Crippen molar-refractivity contribution in [3.8, 4) is 11.4 Å². The summed E-state index contributed by atoms with van der Waals surface area (Å²) in [6.07, 6.45) is 4.02. The van der Waals surface area contributed by atoms with Crippen LogP contribution >= 0.6 is 0 Å². The van der Waals surface area contributed by atoms with E-state index in [1.165, 1.54) is 11.1 Å². The average molecular weight is 268 g/mol. The number of nitrogens with zero attached hydrogens (tertiary/aromatic N) is 1. The van der Waals surface area contributed by atoms with Crippen LogP contribution in [0.1, 0.15) is 40.8 Å². The summed E-state index contributed by atoms with van der Waals surface area (Å²) < 4.78 is 0. The van der Waals surface area contributed by atoms with Gasteiger partial charge in [0.2, 0.25) is 0 Å². The fraction of sp³-hybridized carbons (Fsp3) is 0.412. The average Bonchev–Trinajstić information content (AvgIpc) is 2.43. The van der Waals surface area contributed by atoms with E-state index in [0.717, 1.165) is 53.9 Å². The van der Waals surface area contributed by atoms with Gasteiger partial charge in [0.15, 0.2) is 0 Å². The van der Waals surface area contributed by atoms with E-state index in [1.54, 1.807) is 0 Å². The Hall–Kier alpha value is -1.90. The lowest BCUT2D eigenvalue weighted by Crippen LogP contribution is -2.21. The van der Waals surface area contributed by atoms with E-state index >= 15 is 0 Å². The molecule has 104 valence electrons. The first-order valence-corrected chi connectivity index (χ1v) is 7.26. The van der Waals surface area contributed by atoms with E-state index in [1.807, 2.05) is 0 Å². The summed E-state index contributed by atoms with van der Waals surface area (Å²) in [6.45, 7) is 6.27. The second kappa shape index (κ2) is 4.89.